The highest BCUT2D eigenvalue weighted by Gasteiger charge is 2.14. The van der Waals surface area contributed by atoms with Crippen molar-refractivity contribution in [2.75, 3.05) is 0 Å². The standard InChI is InChI=1S/C10H12Cl2N2.ClH/c1-6(2)3-9(13)10-7(11)4-14-5-8(10)12;/h4-5,9H,1,3,13H2,2H3;1H/t9-;/m0./s1. The van der Waals surface area contributed by atoms with Crippen molar-refractivity contribution in [2.45, 2.75) is 19.4 Å². The smallest absolute Gasteiger partial charge is 0.0652 e. The second-order valence-electron chi connectivity index (χ2n) is 3.28. The van der Waals surface area contributed by atoms with E-state index in [2.05, 4.69) is 11.6 Å². The molecule has 5 heteroatoms. The van der Waals surface area contributed by atoms with Crippen molar-refractivity contribution in [1.82, 2.24) is 4.98 Å². The number of aromatic nitrogens is 1. The van der Waals surface area contributed by atoms with Crippen molar-refractivity contribution in [1.29, 1.82) is 0 Å². The molecule has 0 aliphatic heterocycles. The molecule has 0 fully saturated rings. The maximum atomic E-state index is 5.95. The number of nitrogens with zero attached hydrogens (tertiary/aromatic N) is 1. The minimum absolute atomic E-state index is 0. The Hall–Kier alpha value is -0.280. The zero-order chi connectivity index (χ0) is 10.7. The van der Waals surface area contributed by atoms with Crippen LogP contribution in [0.4, 0.5) is 0 Å². The highest BCUT2D eigenvalue weighted by molar-refractivity contribution is 6.35. The Morgan fingerprint density at radius 3 is 2.33 bits per heavy atom. The number of nitrogens with two attached hydrogens (primary N) is 1. The van der Waals surface area contributed by atoms with Gasteiger partial charge < -0.3 is 5.73 Å². The lowest BCUT2D eigenvalue weighted by atomic mass is 10.0. The van der Waals surface area contributed by atoms with Gasteiger partial charge in [-0.25, -0.2) is 0 Å². The van der Waals surface area contributed by atoms with Gasteiger partial charge in [0.1, 0.15) is 0 Å². The molecular formula is C10H13Cl3N2. The predicted octanol–water partition coefficient (Wildman–Crippen LogP) is 3.78. The minimum atomic E-state index is -0.213. The van der Waals surface area contributed by atoms with Gasteiger partial charge in [-0.1, -0.05) is 28.8 Å². The average Bonchev–Trinajstić information content (AvgIpc) is 2.01. The normalized spacial score (nSPS) is 11.7. The summed E-state index contributed by atoms with van der Waals surface area (Å²) < 4.78 is 0. The predicted molar refractivity (Wildman–Crippen MR) is 67.9 cm³/mol. The van der Waals surface area contributed by atoms with Gasteiger partial charge in [0.15, 0.2) is 0 Å². The highest BCUT2D eigenvalue weighted by atomic mass is 35.5. The number of pyridine rings is 1. The van der Waals surface area contributed by atoms with Gasteiger partial charge >= 0.3 is 0 Å². The molecule has 1 rings (SSSR count). The van der Waals surface area contributed by atoms with Gasteiger partial charge in [0.05, 0.1) is 10.0 Å². The Balaban J connectivity index is 0.00000196. The lowest BCUT2D eigenvalue weighted by Crippen LogP contribution is -2.11. The average molecular weight is 268 g/mol. The van der Waals surface area contributed by atoms with E-state index in [-0.39, 0.29) is 18.4 Å². The summed E-state index contributed by atoms with van der Waals surface area (Å²) in [6.45, 7) is 5.72. The quantitative estimate of drug-likeness (QED) is 0.847. The van der Waals surface area contributed by atoms with E-state index >= 15 is 0 Å². The van der Waals surface area contributed by atoms with Crippen LogP contribution in [0.1, 0.15) is 24.9 Å². The first kappa shape index (κ1) is 14.7. The summed E-state index contributed by atoms with van der Waals surface area (Å²) in [6, 6.07) is -0.213. The van der Waals surface area contributed by atoms with Gasteiger partial charge in [0.2, 0.25) is 0 Å². The Labute approximate surface area is 106 Å². The minimum Gasteiger partial charge on any atom is -0.324 e. The van der Waals surface area contributed by atoms with E-state index < -0.39 is 0 Å². The summed E-state index contributed by atoms with van der Waals surface area (Å²) in [5, 5.41) is 1.01. The maximum Gasteiger partial charge on any atom is 0.0652 e. The number of rotatable bonds is 3. The molecule has 0 saturated carbocycles. The van der Waals surface area contributed by atoms with E-state index in [1.54, 1.807) is 12.4 Å². The molecule has 84 valence electrons. The third-order valence-electron chi connectivity index (χ3n) is 1.83. The second-order valence-corrected chi connectivity index (χ2v) is 4.10. The van der Waals surface area contributed by atoms with Crippen LogP contribution in [0.3, 0.4) is 0 Å². The molecule has 2 nitrogen and oxygen atoms in total. The third-order valence-corrected chi connectivity index (χ3v) is 2.43. The maximum absolute atomic E-state index is 5.95. The van der Waals surface area contributed by atoms with Crippen molar-refractivity contribution < 1.29 is 0 Å². The van der Waals surface area contributed by atoms with Crippen LogP contribution in [0.2, 0.25) is 10.0 Å². The van der Waals surface area contributed by atoms with Crippen molar-refractivity contribution in [2.24, 2.45) is 5.73 Å². The fraction of sp³-hybridized carbons (Fsp3) is 0.300. The molecule has 0 aromatic carbocycles. The van der Waals surface area contributed by atoms with E-state index in [0.29, 0.717) is 16.5 Å². The summed E-state index contributed by atoms with van der Waals surface area (Å²) in [5.41, 5.74) is 7.68. The molecule has 1 aromatic rings. The molecule has 15 heavy (non-hydrogen) atoms. The van der Waals surface area contributed by atoms with E-state index in [0.717, 1.165) is 11.1 Å². The third kappa shape index (κ3) is 3.99. The highest BCUT2D eigenvalue weighted by Crippen LogP contribution is 2.30. The lowest BCUT2D eigenvalue weighted by molar-refractivity contribution is 0.716. The first-order valence-electron chi connectivity index (χ1n) is 4.21. The van der Waals surface area contributed by atoms with E-state index in [4.69, 9.17) is 28.9 Å². The van der Waals surface area contributed by atoms with Gasteiger partial charge in [-0.05, 0) is 13.3 Å². The topological polar surface area (TPSA) is 38.9 Å². The monoisotopic (exact) mass is 266 g/mol. The van der Waals surface area contributed by atoms with Gasteiger partial charge in [-0.3, -0.25) is 4.98 Å². The zero-order valence-electron chi connectivity index (χ0n) is 8.34. The van der Waals surface area contributed by atoms with Crippen LogP contribution in [0.5, 0.6) is 0 Å². The lowest BCUT2D eigenvalue weighted by Gasteiger charge is -2.14. The molecule has 0 amide bonds. The van der Waals surface area contributed by atoms with Crippen LogP contribution in [-0.2, 0) is 0 Å². The van der Waals surface area contributed by atoms with Crippen LogP contribution in [0, 0.1) is 0 Å². The van der Waals surface area contributed by atoms with E-state index in [1.807, 2.05) is 6.92 Å². The Morgan fingerprint density at radius 1 is 1.47 bits per heavy atom. The molecule has 0 bridgehead atoms. The molecule has 1 heterocycles. The summed E-state index contributed by atoms with van der Waals surface area (Å²) in [7, 11) is 0. The summed E-state index contributed by atoms with van der Waals surface area (Å²) in [5.74, 6) is 0. The van der Waals surface area contributed by atoms with Crippen molar-refractivity contribution in [3.63, 3.8) is 0 Å². The number of halogens is 3. The molecule has 0 aliphatic carbocycles. The van der Waals surface area contributed by atoms with Crippen molar-refractivity contribution in [3.8, 4) is 0 Å². The van der Waals surface area contributed by atoms with Crippen molar-refractivity contribution in [3.05, 3.63) is 40.2 Å². The van der Waals surface area contributed by atoms with Crippen LogP contribution in [0.25, 0.3) is 0 Å². The largest absolute Gasteiger partial charge is 0.324 e. The first-order valence-corrected chi connectivity index (χ1v) is 4.97. The summed E-state index contributed by atoms with van der Waals surface area (Å²) >= 11 is 11.9. The Bertz CT molecular complexity index is 332. The van der Waals surface area contributed by atoms with Crippen LogP contribution in [0.15, 0.2) is 24.5 Å². The number of hydrogen-bond donors (Lipinski definition) is 1. The molecule has 0 saturated heterocycles. The summed E-state index contributed by atoms with van der Waals surface area (Å²) in [4.78, 5) is 3.86. The van der Waals surface area contributed by atoms with Crippen LogP contribution < -0.4 is 5.73 Å². The van der Waals surface area contributed by atoms with E-state index in [9.17, 15) is 0 Å². The summed E-state index contributed by atoms with van der Waals surface area (Å²) in [6.07, 6.45) is 3.76. The van der Waals surface area contributed by atoms with E-state index in [1.165, 1.54) is 0 Å². The van der Waals surface area contributed by atoms with Gasteiger partial charge in [-0.2, -0.15) is 0 Å². The molecule has 1 aromatic heterocycles. The molecule has 0 radical (unpaired) electrons. The molecule has 1 atom stereocenters. The number of hydrogen-bond acceptors (Lipinski definition) is 2. The van der Waals surface area contributed by atoms with Crippen LogP contribution >= 0.6 is 35.6 Å². The van der Waals surface area contributed by atoms with Gasteiger partial charge in [0.25, 0.3) is 0 Å². The molecule has 0 unspecified atom stereocenters. The van der Waals surface area contributed by atoms with Crippen molar-refractivity contribution >= 4 is 35.6 Å². The molecule has 0 aliphatic rings. The van der Waals surface area contributed by atoms with Gasteiger partial charge in [-0.15, -0.1) is 19.0 Å². The fourth-order valence-electron chi connectivity index (χ4n) is 1.25. The second kappa shape index (κ2) is 6.33. The van der Waals surface area contributed by atoms with Gasteiger partial charge in [0, 0.05) is 24.0 Å². The fourth-order valence-corrected chi connectivity index (χ4v) is 1.90. The molecule has 0 spiro atoms. The van der Waals surface area contributed by atoms with Crippen LogP contribution in [-0.4, -0.2) is 4.98 Å². The zero-order valence-corrected chi connectivity index (χ0v) is 10.7. The molecular weight excluding hydrogens is 254 g/mol. The molecule has 2 N–H and O–H groups in total. The first-order chi connectivity index (χ1) is 6.52. The SMILES string of the molecule is C=C(C)C[C@H](N)c1c(Cl)cncc1Cl.Cl. The Kier molecular flexibility index (Phi) is 6.22. The Morgan fingerprint density at radius 2 is 1.93 bits per heavy atom.